The van der Waals surface area contributed by atoms with Gasteiger partial charge in [0.2, 0.25) is 5.91 Å². The summed E-state index contributed by atoms with van der Waals surface area (Å²) >= 11 is 0. The molecule has 0 aliphatic carbocycles. The number of amides is 1. The SMILES string of the molecule is [B]C([B])=Cc1cccc(F)c1-c1cc2c(cc1F)c(N1[C@@H](C)CN(C(=O)C=C)C[C@@H]1C)nc(=O)n2-c1c(C)ccnc1C(C)C. The number of pyridine rings is 1. The van der Waals surface area contributed by atoms with Crippen molar-refractivity contribution < 1.29 is 13.6 Å². The van der Waals surface area contributed by atoms with Crippen LogP contribution < -0.4 is 10.6 Å². The van der Waals surface area contributed by atoms with Crippen LogP contribution in [0.2, 0.25) is 0 Å². The molecule has 1 aliphatic rings. The van der Waals surface area contributed by atoms with E-state index in [1.807, 2.05) is 39.5 Å². The lowest BCUT2D eigenvalue weighted by atomic mass is 9.77. The number of hydrogen-bond acceptors (Lipinski definition) is 5. The molecule has 2 aromatic heterocycles. The second-order valence-electron chi connectivity index (χ2n) is 11.8. The van der Waals surface area contributed by atoms with Gasteiger partial charge in [-0.2, -0.15) is 10.4 Å². The van der Waals surface area contributed by atoms with Gasteiger partial charge in [0.25, 0.3) is 0 Å². The van der Waals surface area contributed by atoms with Gasteiger partial charge in [-0.1, -0.05) is 38.6 Å². The van der Waals surface area contributed by atoms with Crippen LogP contribution in [0, 0.1) is 18.6 Å². The monoisotopic (exact) mass is 603 g/mol. The van der Waals surface area contributed by atoms with Crippen LogP contribution in [0.4, 0.5) is 14.6 Å². The minimum absolute atomic E-state index is 0.0482. The van der Waals surface area contributed by atoms with Crippen molar-refractivity contribution in [3.8, 4) is 16.8 Å². The van der Waals surface area contributed by atoms with E-state index in [2.05, 4.69) is 16.5 Å². The van der Waals surface area contributed by atoms with E-state index in [0.717, 1.165) is 5.56 Å². The molecule has 0 saturated carbocycles. The largest absolute Gasteiger partial charge is 0.354 e. The first-order valence-electron chi connectivity index (χ1n) is 14.8. The van der Waals surface area contributed by atoms with Gasteiger partial charge in [0.15, 0.2) is 0 Å². The molecule has 1 fully saturated rings. The van der Waals surface area contributed by atoms with E-state index >= 15 is 8.78 Å². The Bertz CT molecular complexity index is 1910. The summed E-state index contributed by atoms with van der Waals surface area (Å²) in [6, 6.07) is 8.31. The summed E-state index contributed by atoms with van der Waals surface area (Å²) < 4.78 is 33.2. The Labute approximate surface area is 264 Å². The van der Waals surface area contributed by atoms with Crippen LogP contribution in [0.15, 0.2) is 65.4 Å². The highest BCUT2D eigenvalue weighted by molar-refractivity contribution is 6.50. The lowest BCUT2D eigenvalue weighted by molar-refractivity contribution is -0.127. The van der Waals surface area contributed by atoms with Gasteiger partial charge < -0.3 is 9.80 Å². The average molecular weight is 603 g/mol. The number of carbonyl (C=O) groups is 1. The van der Waals surface area contributed by atoms with Crippen molar-refractivity contribution in [3.63, 3.8) is 0 Å². The average Bonchev–Trinajstić information content (AvgIpc) is 2.97. The van der Waals surface area contributed by atoms with Crippen LogP contribution in [0.25, 0.3) is 33.8 Å². The highest BCUT2D eigenvalue weighted by Gasteiger charge is 2.34. The predicted molar refractivity (Wildman–Crippen MR) is 177 cm³/mol. The van der Waals surface area contributed by atoms with Crippen LogP contribution in [0.1, 0.15) is 50.4 Å². The van der Waals surface area contributed by atoms with E-state index in [1.165, 1.54) is 41.0 Å². The molecule has 0 spiro atoms. The number of anilines is 1. The van der Waals surface area contributed by atoms with Crippen molar-refractivity contribution in [2.75, 3.05) is 18.0 Å². The zero-order valence-corrected chi connectivity index (χ0v) is 26.0. The molecule has 2 aromatic carbocycles. The second kappa shape index (κ2) is 12.5. The normalized spacial score (nSPS) is 16.7. The molecule has 1 saturated heterocycles. The molecule has 7 nitrogen and oxygen atoms in total. The van der Waals surface area contributed by atoms with Gasteiger partial charge in [-0.3, -0.25) is 14.3 Å². The third kappa shape index (κ3) is 5.83. The Morgan fingerprint density at radius 3 is 2.40 bits per heavy atom. The standard InChI is InChI=1S/C34H33B2F2N5O2/c1-7-29(44)41-16-20(5)42(21(6)17-41)33-24-14-26(38)23(30-22(13-28(35)36)9-8-10-25(30)37)15-27(24)43(34(45)40-33)32-19(4)11-12-39-31(32)18(2)3/h7-15,18,20-21H,1,16-17H2,2-6H3/t20-,21-/m0/s1. The number of benzene rings is 2. The number of hydrogen-bond donors (Lipinski definition) is 0. The van der Waals surface area contributed by atoms with Gasteiger partial charge >= 0.3 is 5.69 Å². The van der Waals surface area contributed by atoms with Crippen LogP contribution >= 0.6 is 0 Å². The van der Waals surface area contributed by atoms with Crippen molar-refractivity contribution in [2.24, 2.45) is 0 Å². The molecule has 45 heavy (non-hydrogen) atoms. The highest BCUT2D eigenvalue weighted by Crippen LogP contribution is 2.38. The number of rotatable bonds is 6. The lowest BCUT2D eigenvalue weighted by Gasteiger charge is -2.45. The Hall–Kier alpha value is -4.53. The van der Waals surface area contributed by atoms with Gasteiger partial charge in [0.1, 0.15) is 17.5 Å². The summed E-state index contributed by atoms with van der Waals surface area (Å²) in [5, 5.41) is 0.277. The van der Waals surface area contributed by atoms with E-state index in [4.69, 9.17) is 15.7 Å². The highest BCUT2D eigenvalue weighted by atomic mass is 19.1. The molecule has 5 rings (SSSR count). The first kappa shape index (κ1) is 31.9. The molecular formula is C34H33B2F2N5O2. The first-order chi connectivity index (χ1) is 21.3. The summed E-state index contributed by atoms with van der Waals surface area (Å²) in [7, 11) is 11.4. The number of halogens is 2. The third-order valence-electron chi connectivity index (χ3n) is 8.17. The number of carbonyl (C=O) groups excluding carboxylic acids is 1. The van der Waals surface area contributed by atoms with Gasteiger partial charge in [0.05, 0.1) is 32.6 Å². The Morgan fingerprint density at radius 2 is 1.78 bits per heavy atom. The molecule has 4 aromatic rings. The summed E-state index contributed by atoms with van der Waals surface area (Å²) in [5.41, 5.74) is 1.83. The van der Waals surface area contributed by atoms with Crippen molar-refractivity contribution in [1.29, 1.82) is 0 Å². The minimum atomic E-state index is -0.723. The Morgan fingerprint density at radius 1 is 1.09 bits per heavy atom. The maximum absolute atomic E-state index is 16.3. The lowest BCUT2D eigenvalue weighted by Crippen LogP contribution is -2.58. The predicted octanol–water partition coefficient (Wildman–Crippen LogP) is 5.40. The van der Waals surface area contributed by atoms with E-state index in [9.17, 15) is 9.59 Å². The topological polar surface area (TPSA) is 71.3 Å². The maximum atomic E-state index is 16.3. The number of fused-ring (bicyclic) bond motifs is 1. The van der Waals surface area contributed by atoms with Gasteiger partial charge in [-0.15, -0.1) is 0 Å². The minimum Gasteiger partial charge on any atom is -0.347 e. The van der Waals surface area contributed by atoms with Crippen LogP contribution in [-0.4, -0.2) is 66.2 Å². The molecule has 0 bridgehead atoms. The van der Waals surface area contributed by atoms with E-state index in [1.54, 1.807) is 23.2 Å². The second-order valence-corrected chi connectivity index (χ2v) is 11.8. The van der Waals surface area contributed by atoms with Crippen molar-refractivity contribution in [3.05, 3.63) is 99.6 Å². The van der Waals surface area contributed by atoms with E-state index in [-0.39, 0.29) is 51.8 Å². The Kier molecular flexibility index (Phi) is 8.83. The summed E-state index contributed by atoms with van der Waals surface area (Å²) in [6.45, 7) is 13.9. The molecule has 1 aliphatic heterocycles. The van der Waals surface area contributed by atoms with Gasteiger partial charge in [-0.25, -0.2) is 13.6 Å². The summed E-state index contributed by atoms with van der Waals surface area (Å²) in [4.78, 5) is 39.4. The van der Waals surface area contributed by atoms with Gasteiger partial charge in [-0.05, 0) is 68.2 Å². The number of nitrogens with zero attached hydrogens (tertiary/aromatic N) is 5. The van der Waals surface area contributed by atoms with Crippen LogP contribution in [-0.2, 0) is 4.79 Å². The smallest absolute Gasteiger partial charge is 0.347 e. The van der Waals surface area contributed by atoms with Crippen molar-refractivity contribution in [2.45, 2.75) is 52.6 Å². The number of aryl methyl sites for hydroxylation is 1. The zero-order valence-electron chi connectivity index (χ0n) is 26.0. The van der Waals surface area contributed by atoms with Crippen molar-refractivity contribution in [1.82, 2.24) is 19.4 Å². The number of piperazine rings is 1. The molecular weight excluding hydrogens is 570 g/mol. The number of aromatic nitrogens is 3. The van der Waals surface area contributed by atoms with Crippen molar-refractivity contribution >= 4 is 44.4 Å². The quantitative estimate of drug-likeness (QED) is 0.218. The molecule has 4 radical (unpaired) electrons. The van der Waals surface area contributed by atoms with Crippen LogP contribution in [0.5, 0.6) is 0 Å². The maximum Gasteiger partial charge on any atom is 0.354 e. The van der Waals surface area contributed by atoms with Crippen LogP contribution in [0.3, 0.4) is 0 Å². The molecule has 0 unspecified atom stereocenters. The molecule has 11 heteroatoms. The summed E-state index contributed by atoms with van der Waals surface area (Å²) in [5.74, 6) is -1.39. The molecule has 1 amide bonds. The fourth-order valence-corrected chi connectivity index (χ4v) is 6.29. The molecule has 2 atom stereocenters. The first-order valence-corrected chi connectivity index (χ1v) is 14.8. The van der Waals surface area contributed by atoms with E-state index < -0.39 is 17.3 Å². The molecule has 226 valence electrons. The Balaban J connectivity index is 1.88. The van der Waals surface area contributed by atoms with Gasteiger partial charge in [0, 0.05) is 47.9 Å². The molecule has 0 N–H and O–H groups in total. The van der Waals surface area contributed by atoms with E-state index in [0.29, 0.717) is 35.4 Å². The fourth-order valence-electron chi connectivity index (χ4n) is 6.29. The fraction of sp³-hybridized carbons (Fsp3) is 0.294. The third-order valence-corrected chi connectivity index (χ3v) is 8.17. The zero-order chi connectivity index (χ0) is 32.7. The molecule has 3 heterocycles. The summed E-state index contributed by atoms with van der Waals surface area (Å²) in [6.07, 6.45) is 4.31.